The van der Waals surface area contributed by atoms with E-state index in [1.54, 1.807) is 7.11 Å². The van der Waals surface area contributed by atoms with E-state index in [0.717, 1.165) is 19.6 Å². The molecule has 15 heavy (non-hydrogen) atoms. The van der Waals surface area contributed by atoms with Gasteiger partial charge in [-0.1, -0.05) is 18.2 Å². The second-order valence-electron chi connectivity index (χ2n) is 3.89. The Morgan fingerprint density at radius 1 is 1.40 bits per heavy atom. The third-order valence-corrected chi connectivity index (χ3v) is 2.66. The Kier molecular flexibility index (Phi) is 3.59. The molecule has 1 heterocycles. The summed E-state index contributed by atoms with van der Waals surface area (Å²) in [5.41, 5.74) is 2.65. The van der Waals surface area contributed by atoms with Crippen molar-refractivity contribution in [2.45, 2.75) is 6.42 Å². The Balaban J connectivity index is 1.88. The number of methoxy groups -OCH3 is 1. The Morgan fingerprint density at radius 2 is 2.27 bits per heavy atom. The second kappa shape index (κ2) is 5.14. The first kappa shape index (κ1) is 10.5. The van der Waals surface area contributed by atoms with Crippen LogP contribution in [0.3, 0.4) is 0 Å². The largest absolute Gasteiger partial charge is 0.384 e. The van der Waals surface area contributed by atoms with Crippen LogP contribution in [0, 0.1) is 5.92 Å². The second-order valence-corrected chi connectivity index (χ2v) is 3.89. The van der Waals surface area contributed by atoms with Crippen molar-refractivity contribution in [3.8, 4) is 0 Å². The Hall–Kier alpha value is -1.06. The quantitative estimate of drug-likeness (QED) is 0.604. The predicted octanol–water partition coefficient (Wildman–Crippen LogP) is 1.89. The van der Waals surface area contributed by atoms with Crippen molar-refractivity contribution in [1.29, 1.82) is 0 Å². The van der Waals surface area contributed by atoms with Crippen molar-refractivity contribution in [2.24, 2.45) is 5.92 Å². The first-order valence-corrected chi connectivity index (χ1v) is 5.28. The minimum absolute atomic E-state index is 0.387. The van der Waals surface area contributed by atoms with Crippen molar-refractivity contribution in [1.82, 2.24) is 0 Å². The average Bonchev–Trinajstić information content (AvgIpc) is 2.29. The van der Waals surface area contributed by atoms with Crippen LogP contribution in [0.5, 0.6) is 0 Å². The van der Waals surface area contributed by atoms with E-state index in [-0.39, 0.29) is 0 Å². The Bertz CT molecular complexity index is 314. The zero-order valence-electron chi connectivity index (χ0n) is 9.03. The molecular formula is C12H17NO2. The number of anilines is 1. The van der Waals surface area contributed by atoms with Gasteiger partial charge in [0.25, 0.3) is 0 Å². The van der Waals surface area contributed by atoms with Crippen LogP contribution in [0.15, 0.2) is 24.3 Å². The zero-order valence-corrected chi connectivity index (χ0v) is 9.03. The lowest BCUT2D eigenvalue weighted by Crippen LogP contribution is -2.27. The SMILES string of the molecule is COCOCC1CNc2ccccc2C1. The van der Waals surface area contributed by atoms with Gasteiger partial charge in [-0.15, -0.1) is 0 Å². The van der Waals surface area contributed by atoms with E-state index in [2.05, 4.69) is 29.6 Å². The van der Waals surface area contributed by atoms with Crippen molar-refractivity contribution in [2.75, 3.05) is 32.4 Å². The van der Waals surface area contributed by atoms with Gasteiger partial charge in [-0.3, -0.25) is 0 Å². The molecule has 1 atom stereocenters. The molecule has 0 saturated carbocycles. The van der Waals surface area contributed by atoms with E-state index in [1.165, 1.54) is 11.3 Å². The standard InChI is InChI=1S/C12H17NO2/c1-14-9-15-8-10-6-11-4-2-3-5-12(11)13-7-10/h2-5,10,13H,6-9H2,1H3. The van der Waals surface area contributed by atoms with Crippen LogP contribution in [-0.2, 0) is 15.9 Å². The van der Waals surface area contributed by atoms with Gasteiger partial charge in [0.1, 0.15) is 6.79 Å². The fourth-order valence-corrected chi connectivity index (χ4v) is 1.92. The van der Waals surface area contributed by atoms with Gasteiger partial charge in [-0.2, -0.15) is 0 Å². The molecule has 1 unspecified atom stereocenters. The number of benzene rings is 1. The average molecular weight is 207 g/mol. The van der Waals surface area contributed by atoms with Crippen LogP contribution in [-0.4, -0.2) is 27.1 Å². The molecule has 0 aliphatic carbocycles. The van der Waals surface area contributed by atoms with Crippen molar-refractivity contribution < 1.29 is 9.47 Å². The lowest BCUT2D eigenvalue weighted by atomic mass is 9.95. The first-order chi connectivity index (χ1) is 7.40. The van der Waals surface area contributed by atoms with E-state index in [9.17, 15) is 0 Å². The first-order valence-electron chi connectivity index (χ1n) is 5.28. The number of ether oxygens (including phenoxy) is 2. The summed E-state index contributed by atoms with van der Waals surface area (Å²) in [5, 5.41) is 3.42. The van der Waals surface area contributed by atoms with Crippen LogP contribution in [0.2, 0.25) is 0 Å². The molecule has 1 N–H and O–H groups in total. The summed E-state index contributed by atoms with van der Waals surface area (Å²) in [4.78, 5) is 0. The van der Waals surface area contributed by atoms with Crippen LogP contribution in [0.1, 0.15) is 5.56 Å². The summed E-state index contributed by atoms with van der Waals surface area (Å²) in [7, 11) is 1.65. The minimum atomic E-state index is 0.387. The summed E-state index contributed by atoms with van der Waals surface area (Å²) in [6.45, 7) is 2.13. The van der Waals surface area contributed by atoms with E-state index in [4.69, 9.17) is 9.47 Å². The van der Waals surface area contributed by atoms with Crippen molar-refractivity contribution in [3.05, 3.63) is 29.8 Å². The molecule has 1 aromatic rings. The minimum Gasteiger partial charge on any atom is -0.384 e. The molecule has 1 aromatic carbocycles. The highest BCUT2D eigenvalue weighted by atomic mass is 16.7. The summed E-state index contributed by atoms with van der Waals surface area (Å²) >= 11 is 0. The van der Waals surface area contributed by atoms with Gasteiger partial charge in [0.15, 0.2) is 0 Å². The van der Waals surface area contributed by atoms with Gasteiger partial charge in [0, 0.05) is 25.3 Å². The molecule has 0 radical (unpaired) electrons. The van der Waals surface area contributed by atoms with E-state index >= 15 is 0 Å². The molecule has 2 rings (SSSR count). The Morgan fingerprint density at radius 3 is 3.13 bits per heavy atom. The van der Waals surface area contributed by atoms with Crippen molar-refractivity contribution in [3.63, 3.8) is 0 Å². The third-order valence-electron chi connectivity index (χ3n) is 2.66. The highest BCUT2D eigenvalue weighted by Gasteiger charge is 2.17. The summed E-state index contributed by atoms with van der Waals surface area (Å²) in [5.74, 6) is 0.551. The van der Waals surface area contributed by atoms with Crippen LogP contribution in [0.25, 0.3) is 0 Å². The number of hydrogen-bond donors (Lipinski definition) is 1. The molecule has 1 aliphatic heterocycles. The number of rotatable bonds is 4. The molecule has 0 bridgehead atoms. The normalized spacial score (nSPS) is 19.4. The topological polar surface area (TPSA) is 30.5 Å². The number of fused-ring (bicyclic) bond motifs is 1. The van der Waals surface area contributed by atoms with Gasteiger partial charge < -0.3 is 14.8 Å². The molecule has 0 fully saturated rings. The fraction of sp³-hybridized carbons (Fsp3) is 0.500. The summed E-state index contributed by atoms with van der Waals surface area (Å²) in [6, 6.07) is 8.44. The van der Waals surface area contributed by atoms with Crippen LogP contribution >= 0.6 is 0 Å². The smallest absolute Gasteiger partial charge is 0.146 e. The third kappa shape index (κ3) is 2.70. The maximum atomic E-state index is 5.38. The van der Waals surface area contributed by atoms with Gasteiger partial charge in [0.05, 0.1) is 6.61 Å². The highest BCUT2D eigenvalue weighted by molar-refractivity contribution is 5.53. The molecule has 1 aliphatic rings. The molecular weight excluding hydrogens is 190 g/mol. The molecule has 0 amide bonds. The molecule has 3 heteroatoms. The lowest BCUT2D eigenvalue weighted by molar-refractivity contribution is -0.0422. The number of nitrogens with one attached hydrogen (secondary N) is 1. The highest BCUT2D eigenvalue weighted by Crippen LogP contribution is 2.24. The molecule has 3 nitrogen and oxygen atoms in total. The van der Waals surface area contributed by atoms with Crippen LogP contribution < -0.4 is 5.32 Å². The van der Waals surface area contributed by atoms with Gasteiger partial charge >= 0.3 is 0 Å². The Labute approximate surface area is 90.4 Å². The molecule has 0 saturated heterocycles. The van der Waals surface area contributed by atoms with Crippen LogP contribution in [0.4, 0.5) is 5.69 Å². The monoisotopic (exact) mass is 207 g/mol. The van der Waals surface area contributed by atoms with E-state index in [0.29, 0.717) is 12.7 Å². The van der Waals surface area contributed by atoms with Crippen molar-refractivity contribution >= 4 is 5.69 Å². The molecule has 0 spiro atoms. The lowest BCUT2D eigenvalue weighted by Gasteiger charge is -2.25. The fourth-order valence-electron chi connectivity index (χ4n) is 1.92. The summed E-state index contributed by atoms with van der Waals surface area (Å²) in [6.07, 6.45) is 1.09. The maximum Gasteiger partial charge on any atom is 0.146 e. The van der Waals surface area contributed by atoms with E-state index in [1.807, 2.05) is 0 Å². The van der Waals surface area contributed by atoms with Gasteiger partial charge in [-0.25, -0.2) is 0 Å². The molecule has 82 valence electrons. The molecule has 0 aromatic heterocycles. The number of hydrogen-bond acceptors (Lipinski definition) is 3. The predicted molar refractivity (Wildman–Crippen MR) is 60.0 cm³/mol. The zero-order chi connectivity index (χ0) is 10.5. The summed E-state index contributed by atoms with van der Waals surface area (Å²) < 4.78 is 10.2. The van der Waals surface area contributed by atoms with Gasteiger partial charge in [0.2, 0.25) is 0 Å². The maximum absolute atomic E-state index is 5.38. The number of para-hydroxylation sites is 1. The van der Waals surface area contributed by atoms with E-state index < -0.39 is 0 Å². The van der Waals surface area contributed by atoms with Gasteiger partial charge in [-0.05, 0) is 18.1 Å².